The number of nitrogens with zero attached hydrogens (tertiary/aromatic N) is 2. The maximum Gasteiger partial charge on any atom is 0.257 e. The molecule has 2 aromatic rings. The predicted molar refractivity (Wildman–Crippen MR) is 79.3 cm³/mol. The van der Waals surface area contributed by atoms with Gasteiger partial charge in [-0.2, -0.15) is 5.10 Å². The van der Waals surface area contributed by atoms with Crippen molar-refractivity contribution in [3.63, 3.8) is 0 Å². The van der Waals surface area contributed by atoms with Gasteiger partial charge in [0, 0.05) is 13.0 Å². The number of carbonyl (C=O) groups is 1. The molecule has 1 N–H and O–H groups in total. The monoisotopic (exact) mass is 299 g/mol. The summed E-state index contributed by atoms with van der Waals surface area (Å²) in [5.74, 6) is 1.49. The van der Waals surface area contributed by atoms with E-state index in [1.54, 1.807) is 20.4 Å². The summed E-state index contributed by atoms with van der Waals surface area (Å²) in [5.41, 5.74) is 3.96. The molecule has 1 aromatic carbocycles. The first-order chi connectivity index (χ1) is 10.7. The number of rotatable bonds is 2. The van der Waals surface area contributed by atoms with Gasteiger partial charge in [-0.3, -0.25) is 9.89 Å². The second-order valence-corrected chi connectivity index (χ2v) is 5.64. The highest BCUT2D eigenvalue weighted by atomic mass is 16.5. The van der Waals surface area contributed by atoms with Crippen LogP contribution < -0.4 is 9.47 Å². The number of benzene rings is 1. The zero-order valence-electron chi connectivity index (χ0n) is 12.5. The smallest absolute Gasteiger partial charge is 0.257 e. The Balaban J connectivity index is 1.83. The van der Waals surface area contributed by atoms with Crippen LogP contribution in [0.15, 0.2) is 18.3 Å². The molecule has 4 rings (SSSR count). The van der Waals surface area contributed by atoms with Crippen LogP contribution in [0.4, 0.5) is 0 Å². The third-order valence-electron chi connectivity index (χ3n) is 4.61. The summed E-state index contributed by atoms with van der Waals surface area (Å²) in [6, 6.07) is 4.06. The van der Waals surface area contributed by atoms with E-state index >= 15 is 0 Å². The molecule has 6 nitrogen and oxygen atoms in total. The molecule has 22 heavy (non-hydrogen) atoms. The fraction of sp³-hybridized carbons (Fsp3) is 0.375. The van der Waals surface area contributed by atoms with E-state index in [1.807, 2.05) is 17.0 Å². The number of aromatic nitrogens is 2. The largest absolute Gasteiger partial charge is 0.493 e. The summed E-state index contributed by atoms with van der Waals surface area (Å²) in [4.78, 5) is 14.5. The Bertz CT molecular complexity index is 753. The SMILES string of the molecule is COc1cc2c(cc1OC)[C@@H]1Cc3[nH]ncc3C(=O)N1CC2. The minimum atomic E-state index is 0.0315. The Kier molecular flexibility index (Phi) is 2.85. The lowest BCUT2D eigenvalue weighted by Crippen LogP contribution is -2.44. The molecule has 2 aliphatic rings. The minimum absolute atomic E-state index is 0.0315. The first-order valence-corrected chi connectivity index (χ1v) is 7.31. The number of methoxy groups -OCH3 is 2. The van der Waals surface area contributed by atoms with Crippen LogP contribution in [-0.4, -0.2) is 41.8 Å². The average Bonchev–Trinajstić information content (AvgIpc) is 3.02. The Morgan fingerprint density at radius 2 is 2.05 bits per heavy atom. The minimum Gasteiger partial charge on any atom is -0.493 e. The third-order valence-corrected chi connectivity index (χ3v) is 4.61. The first-order valence-electron chi connectivity index (χ1n) is 7.31. The number of H-pyrrole nitrogens is 1. The molecule has 3 heterocycles. The van der Waals surface area contributed by atoms with Crippen molar-refractivity contribution in [1.29, 1.82) is 0 Å². The van der Waals surface area contributed by atoms with E-state index in [0.29, 0.717) is 11.3 Å². The Labute approximate surface area is 128 Å². The van der Waals surface area contributed by atoms with Crippen molar-refractivity contribution in [3.05, 3.63) is 40.7 Å². The Hall–Kier alpha value is -2.50. The Morgan fingerprint density at radius 1 is 1.27 bits per heavy atom. The molecule has 1 atom stereocenters. The van der Waals surface area contributed by atoms with Gasteiger partial charge in [-0.15, -0.1) is 0 Å². The highest BCUT2D eigenvalue weighted by Gasteiger charge is 2.38. The van der Waals surface area contributed by atoms with E-state index < -0.39 is 0 Å². The van der Waals surface area contributed by atoms with Crippen LogP contribution >= 0.6 is 0 Å². The van der Waals surface area contributed by atoms with E-state index in [2.05, 4.69) is 10.2 Å². The van der Waals surface area contributed by atoms with Gasteiger partial charge in [0.2, 0.25) is 0 Å². The second-order valence-electron chi connectivity index (χ2n) is 5.64. The summed E-state index contributed by atoms with van der Waals surface area (Å²) in [6.45, 7) is 0.719. The van der Waals surface area contributed by atoms with Gasteiger partial charge < -0.3 is 14.4 Å². The zero-order chi connectivity index (χ0) is 15.3. The van der Waals surface area contributed by atoms with Gasteiger partial charge in [-0.05, 0) is 29.7 Å². The molecule has 1 aromatic heterocycles. The normalized spacial score (nSPS) is 19.3. The molecule has 114 valence electrons. The molecule has 6 heteroatoms. The van der Waals surface area contributed by atoms with Crippen molar-refractivity contribution in [2.75, 3.05) is 20.8 Å². The standard InChI is InChI=1S/C16H17N3O3/c1-21-14-5-9-3-4-19-13(10(9)6-15(14)22-2)7-12-11(16(19)20)8-17-18-12/h5-6,8,13H,3-4,7H2,1-2H3,(H,17,18)/t13-/m0/s1. The maximum atomic E-state index is 12.6. The van der Waals surface area contributed by atoms with Crippen molar-refractivity contribution in [3.8, 4) is 11.5 Å². The molecular weight excluding hydrogens is 282 g/mol. The van der Waals surface area contributed by atoms with Crippen LogP contribution in [0.5, 0.6) is 11.5 Å². The first kappa shape index (κ1) is 13.2. The summed E-state index contributed by atoms with van der Waals surface area (Å²) in [7, 11) is 3.27. The van der Waals surface area contributed by atoms with Gasteiger partial charge in [0.1, 0.15) is 0 Å². The molecule has 0 saturated heterocycles. The van der Waals surface area contributed by atoms with Crippen molar-refractivity contribution in [1.82, 2.24) is 15.1 Å². The van der Waals surface area contributed by atoms with E-state index in [-0.39, 0.29) is 11.9 Å². The number of hydrogen-bond acceptors (Lipinski definition) is 4. The van der Waals surface area contributed by atoms with Crippen LogP contribution in [0, 0.1) is 0 Å². The summed E-state index contributed by atoms with van der Waals surface area (Å²) < 4.78 is 10.8. The van der Waals surface area contributed by atoms with Crippen LogP contribution in [0.3, 0.4) is 0 Å². The van der Waals surface area contributed by atoms with Crippen LogP contribution in [0.2, 0.25) is 0 Å². The summed E-state index contributed by atoms with van der Waals surface area (Å²) >= 11 is 0. The van der Waals surface area contributed by atoms with E-state index in [0.717, 1.165) is 36.4 Å². The number of nitrogens with one attached hydrogen (secondary N) is 1. The molecule has 0 radical (unpaired) electrons. The lowest BCUT2D eigenvalue weighted by Gasteiger charge is -2.40. The van der Waals surface area contributed by atoms with Crippen molar-refractivity contribution >= 4 is 5.91 Å². The van der Waals surface area contributed by atoms with Gasteiger partial charge >= 0.3 is 0 Å². The quantitative estimate of drug-likeness (QED) is 0.917. The number of amides is 1. The third kappa shape index (κ3) is 1.73. The van der Waals surface area contributed by atoms with Gasteiger partial charge in [0.05, 0.1) is 37.7 Å². The highest BCUT2D eigenvalue weighted by molar-refractivity contribution is 5.96. The van der Waals surface area contributed by atoms with Crippen molar-refractivity contribution in [2.24, 2.45) is 0 Å². The van der Waals surface area contributed by atoms with Crippen molar-refractivity contribution in [2.45, 2.75) is 18.9 Å². The van der Waals surface area contributed by atoms with Crippen LogP contribution in [0.25, 0.3) is 0 Å². The lowest BCUT2D eigenvalue weighted by molar-refractivity contribution is 0.0630. The highest BCUT2D eigenvalue weighted by Crippen LogP contribution is 2.41. The molecular formula is C16H17N3O3. The number of carbonyl (C=O) groups excluding carboxylic acids is 1. The molecule has 0 bridgehead atoms. The van der Waals surface area contributed by atoms with Crippen LogP contribution in [0.1, 0.15) is 33.2 Å². The van der Waals surface area contributed by atoms with Gasteiger partial charge in [0.25, 0.3) is 5.91 Å². The molecule has 1 amide bonds. The van der Waals surface area contributed by atoms with Crippen molar-refractivity contribution < 1.29 is 14.3 Å². The summed E-state index contributed by atoms with van der Waals surface area (Å²) in [6.07, 6.45) is 3.20. The number of ether oxygens (including phenoxy) is 2. The second kappa shape index (κ2) is 4.76. The predicted octanol–water partition coefficient (Wildman–Crippen LogP) is 1.72. The number of fused-ring (bicyclic) bond motifs is 4. The van der Waals surface area contributed by atoms with E-state index in [9.17, 15) is 4.79 Å². The molecule has 0 aliphatic carbocycles. The lowest BCUT2D eigenvalue weighted by atomic mass is 9.86. The molecule has 0 spiro atoms. The average molecular weight is 299 g/mol. The molecule has 2 aliphatic heterocycles. The van der Waals surface area contributed by atoms with Crippen LogP contribution in [-0.2, 0) is 12.8 Å². The molecule has 0 fully saturated rings. The molecule has 0 saturated carbocycles. The zero-order valence-corrected chi connectivity index (χ0v) is 12.5. The fourth-order valence-electron chi connectivity index (χ4n) is 3.49. The van der Waals surface area contributed by atoms with Gasteiger partial charge in [-0.25, -0.2) is 0 Å². The number of aromatic amines is 1. The molecule has 0 unspecified atom stereocenters. The Morgan fingerprint density at radius 3 is 2.82 bits per heavy atom. The van der Waals surface area contributed by atoms with E-state index in [4.69, 9.17) is 9.47 Å². The van der Waals surface area contributed by atoms with Gasteiger partial charge in [0.15, 0.2) is 11.5 Å². The number of hydrogen-bond donors (Lipinski definition) is 1. The topological polar surface area (TPSA) is 67.5 Å². The summed E-state index contributed by atoms with van der Waals surface area (Å²) in [5, 5.41) is 6.96. The maximum absolute atomic E-state index is 12.6. The fourth-order valence-corrected chi connectivity index (χ4v) is 3.49. The van der Waals surface area contributed by atoms with Gasteiger partial charge in [-0.1, -0.05) is 0 Å². The van der Waals surface area contributed by atoms with E-state index in [1.165, 1.54) is 5.56 Å².